The summed E-state index contributed by atoms with van der Waals surface area (Å²) in [7, 11) is -1.30. The second-order valence-electron chi connectivity index (χ2n) is 13.1. The van der Waals surface area contributed by atoms with E-state index in [1.165, 1.54) is 22.3 Å². The number of hydrogen-bond acceptors (Lipinski definition) is 8. The molecule has 2 heterocycles. The van der Waals surface area contributed by atoms with Crippen LogP contribution >= 0.6 is 0 Å². The van der Waals surface area contributed by atoms with Crippen LogP contribution in [0.25, 0.3) is 0 Å². The normalized spacial score (nSPS) is 16.4. The van der Waals surface area contributed by atoms with Crippen LogP contribution in [-0.2, 0) is 28.0 Å². The molecule has 4 aromatic rings. The standard InChI is InChI=1S/C38H38F2N6O5S/c1-44(2)37(47)31-14-13-29(18-35(31)51-24-25-9-5-3-6-10-25)45(23-28-21-43-33(22-42-28)26-11-7-4-8-12-26)38(48)34-15-16-46(34)52(49,50)30-17-27(20-41)36(40)32(39)19-30/h3,5-6,9-10,13-14,17-19,21-22,26,34H,4,7-8,11-12,15-16,23-24H2,1-2H3/t34-/m1/s1. The zero-order valence-corrected chi connectivity index (χ0v) is 29.7. The number of rotatable bonds is 11. The number of sulfonamides is 1. The van der Waals surface area contributed by atoms with Gasteiger partial charge in [0.1, 0.15) is 24.5 Å². The van der Waals surface area contributed by atoms with Crippen molar-refractivity contribution in [3.05, 3.63) is 113 Å². The molecule has 2 fully saturated rings. The molecule has 0 unspecified atom stereocenters. The third-order valence-corrected chi connectivity index (χ3v) is 11.4. The summed E-state index contributed by atoms with van der Waals surface area (Å²) in [5.74, 6) is -3.37. The summed E-state index contributed by atoms with van der Waals surface area (Å²) in [5.41, 5.74) is 1.97. The molecule has 1 aliphatic carbocycles. The fraction of sp³-hybridized carbons (Fsp3) is 0.342. The molecule has 52 heavy (non-hydrogen) atoms. The van der Waals surface area contributed by atoms with Crippen molar-refractivity contribution in [2.45, 2.75) is 68.5 Å². The van der Waals surface area contributed by atoms with Crippen molar-refractivity contribution in [2.75, 3.05) is 25.5 Å². The summed E-state index contributed by atoms with van der Waals surface area (Å²) in [6.07, 6.45) is 8.98. The Balaban J connectivity index is 1.36. The molecule has 1 aliphatic heterocycles. The van der Waals surface area contributed by atoms with E-state index in [4.69, 9.17) is 4.74 Å². The minimum Gasteiger partial charge on any atom is -0.488 e. The average Bonchev–Trinajstić information content (AvgIpc) is 3.14. The summed E-state index contributed by atoms with van der Waals surface area (Å²) in [4.78, 5) is 39.1. The van der Waals surface area contributed by atoms with Crippen LogP contribution in [0.4, 0.5) is 14.5 Å². The van der Waals surface area contributed by atoms with Crippen LogP contribution in [0.1, 0.15) is 77.3 Å². The molecule has 1 saturated heterocycles. The van der Waals surface area contributed by atoms with Crippen LogP contribution in [-0.4, -0.2) is 66.1 Å². The molecule has 1 saturated carbocycles. The van der Waals surface area contributed by atoms with Crippen LogP contribution in [0, 0.1) is 23.0 Å². The lowest BCUT2D eigenvalue weighted by Crippen LogP contribution is -2.59. The first-order valence-electron chi connectivity index (χ1n) is 17.0. The third kappa shape index (κ3) is 7.66. The van der Waals surface area contributed by atoms with Gasteiger partial charge in [0.15, 0.2) is 11.6 Å². The molecule has 11 nitrogen and oxygen atoms in total. The Morgan fingerprint density at radius 1 is 0.981 bits per heavy atom. The molecular formula is C38H38F2N6O5S. The van der Waals surface area contributed by atoms with Crippen molar-refractivity contribution in [1.29, 1.82) is 5.26 Å². The van der Waals surface area contributed by atoms with Gasteiger partial charge in [-0.25, -0.2) is 17.2 Å². The van der Waals surface area contributed by atoms with Crippen molar-refractivity contribution in [3.8, 4) is 11.8 Å². The molecular weight excluding hydrogens is 691 g/mol. The topological polar surface area (TPSA) is 137 Å². The molecule has 6 rings (SSSR count). The van der Waals surface area contributed by atoms with Crippen LogP contribution < -0.4 is 9.64 Å². The number of benzene rings is 3. The van der Waals surface area contributed by atoms with E-state index in [1.807, 2.05) is 30.3 Å². The van der Waals surface area contributed by atoms with E-state index in [0.717, 1.165) is 47.3 Å². The zero-order chi connectivity index (χ0) is 37.0. The SMILES string of the molecule is CN(C)C(=O)c1ccc(N(Cc2cnc(C3CCCCC3)cn2)C(=O)[C@H]2CCN2S(=O)(=O)c2cc(F)c(F)c(C#N)c2)cc1OCc1ccccc1. The lowest BCUT2D eigenvalue weighted by atomic mass is 9.87. The van der Waals surface area contributed by atoms with Gasteiger partial charge >= 0.3 is 0 Å². The third-order valence-electron chi connectivity index (χ3n) is 9.47. The summed E-state index contributed by atoms with van der Waals surface area (Å²) in [6, 6.07) is 15.6. The fourth-order valence-electron chi connectivity index (χ4n) is 6.47. The highest BCUT2D eigenvalue weighted by molar-refractivity contribution is 7.89. The summed E-state index contributed by atoms with van der Waals surface area (Å²) < 4.78 is 62.9. The zero-order valence-electron chi connectivity index (χ0n) is 28.8. The first-order chi connectivity index (χ1) is 25.0. The Morgan fingerprint density at radius 2 is 1.73 bits per heavy atom. The lowest BCUT2D eigenvalue weighted by molar-refractivity contribution is -0.125. The maximum absolute atomic E-state index is 14.5. The molecule has 2 amide bonds. The van der Waals surface area contributed by atoms with E-state index in [9.17, 15) is 32.0 Å². The number of nitriles is 1. The van der Waals surface area contributed by atoms with Crippen LogP contribution in [0.3, 0.4) is 0 Å². The Bertz CT molecular complexity index is 2100. The van der Waals surface area contributed by atoms with E-state index in [0.29, 0.717) is 23.4 Å². The van der Waals surface area contributed by atoms with Crippen LogP contribution in [0.15, 0.2) is 78.0 Å². The molecule has 14 heteroatoms. The van der Waals surface area contributed by atoms with Crippen molar-refractivity contribution >= 4 is 27.5 Å². The van der Waals surface area contributed by atoms with Crippen molar-refractivity contribution in [3.63, 3.8) is 0 Å². The summed E-state index contributed by atoms with van der Waals surface area (Å²) in [6.45, 7) is -0.0251. The van der Waals surface area contributed by atoms with Gasteiger partial charge in [-0.15, -0.1) is 0 Å². The average molecular weight is 729 g/mol. The van der Waals surface area contributed by atoms with Crippen LogP contribution in [0.5, 0.6) is 5.75 Å². The highest BCUT2D eigenvalue weighted by Gasteiger charge is 2.45. The van der Waals surface area contributed by atoms with Gasteiger partial charge in [-0.2, -0.15) is 9.57 Å². The van der Waals surface area contributed by atoms with Gasteiger partial charge in [0.05, 0.1) is 40.2 Å². The van der Waals surface area contributed by atoms with Crippen molar-refractivity contribution in [2.24, 2.45) is 0 Å². The number of carbonyl (C=O) groups is 2. The quantitative estimate of drug-likeness (QED) is 0.185. The van der Waals surface area contributed by atoms with Gasteiger partial charge in [0.2, 0.25) is 15.9 Å². The molecule has 1 atom stereocenters. The predicted octanol–water partition coefficient (Wildman–Crippen LogP) is 5.95. The van der Waals surface area contributed by atoms with Crippen molar-refractivity contribution < 1.29 is 31.5 Å². The lowest BCUT2D eigenvalue weighted by Gasteiger charge is -2.41. The maximum Gasteiger partial charge on any atom is 0.257 e. The second kappa shape index (κ2) is 15.5. The van der Waals surface area contributed by atoms with E-state index in [-0.39, 0.29) is 43.3 Å². The number of amides is 2. The van der Waals surface area contributed by atoms with Gasteiger partial charge in [0.25, 0.3) is 5.91 Å². The Kier molecular flexibility index (Phi) is 10.9. The van der Waals surface area contributed by atoms with E-state index < -0.39 is 44.1 Å². The highest BCUT2D eigenvalue weighted by Crippen LogP contribution is 2.35. The molecule has 270 valence electrons. The number of anilines is 1. The van der Waals surface area contributed by atoms with E-state index in [2.05, 4.69) is 9.97 Å². The number of carbonyl (C=O) groups excluding carboxylic acids is 2. The minimum atomic E-state index is -4.52. The Labute approximate surface area is 301 Å². The number of aromatic nitrogens is 2. The Morgan fingerprint density at radius 3 is 2.37 bits per heavy atom. The van der Waals surface area contributed by atoms with Crippen LogP contribution in [0.2, 0.25) is 0 Å². The Hall–Kier alpha value is -5.26. The van der Waals surface area contributed by atoms with Crippen molar-refractivity contribution in [1.82, 2.24) is 19.2 Å². The first kappa shape index (κ1) is 36.5. The molecule has 0 radical (unpaired) electrons. The summed E-state index contributed by atoms with van der Waals surface area (Å²) >= 11 is 0. The molecule has 1 aromatic heterocycles. The molecule has 3 aromatic carbocycles. The summed E-state index contributed by atoms with van der Waals surface area (Å²) in [5, 5.41) is 9.25. The largest absolute Gasteiger partial charge is 0.488 e. The van der Waals surface area contributed by atoms with Gasteiger partial charge < -0.3 is 14.5 Å². The second-order valence-corrected chi connectivity index (χ2v) is 15.0. The molecule has 0 bridgehead atoms. The maximum atomic E-state index is 14.5. The van der Waals surface area contributed by atoms with E-state index >= 15 is 0 Å². The number of halogens is 2. The minimum absolute atomic E-state index is 0.0644. The predicted molar refractivity (Wildman–Crippen MR) is 188 cm³/mol. The number of nitrogens with zero attached hydrogens (tertiary/aromatic N) is 6. The highest BCUT2D eigenvalue weighted by atomic mass is 32.2. The first-order valence-corrected chi connectivity index (χ1v) is 18.5. The fourth-order valence-corrected chi connectivity index (χ4v) is 8.14. The number of ether oxygens (including phenoxy) is 1. The van der Waals surface area contributed by atoms with Gasteiger partial charge in [-0.3, -0.25) is 19.6 Å². The van der Waals surface area contributed by atoms with Gasteiger partial charge in [-0.05, 0) is 49.1 Å². The van der Waals surface area contributed by atoms with Gasteiger partial charge in [-0.1, -0.05) is 49.6 Å². The molecule has 0 spiro atoms. The smallest absolute Gasteiger partial charge is 0.257 e. The monoisotopic (exact) mass is 728 g/mol. The molecule has 0 N–H and O–H groups in total. The van der Waals surface area contributed by atoms with Gasteiger partial charge in [0, 0.05) is 44.5 Å². The number of hydrogen-bond donors (Lipinski definition) is 0. The molecule has 2 aliphatic rings. The van der Waals surface area contributed by atoms with E-state index in [1.54, 1.807) is 44.7 Å².